The van der Waals surface area contributed by atoms with E-state index < -0.39 is 0 Å². The number of nitrogens with one attached hydrogen (secondary N) is 1. The second kappa shape index (κ2) is 5.96. The van der Waals surface area contributed by atoms with Crippen LogP contribution in [0.15, 0.2) is 10.9 Å². The predicted molar refractivity (Wildman–Crippen MR) is 66.8 cm³/mol. The van der Waals surface area contributed by atoms with E-state index >= 15 is 0 Å². The van der Waals surface area contributed by atoms with Crippen molar-refractivity contribution < 1.29 is 4.79 Å². The molecule has 16 heavy (non-hydrogen) atoms. The van der Waals surface area contributed by atoms with Gasteiger partial charge in [-0.05, 0) is 20.0 Å². The molecule has 0 aliphatic carbocycles. The summed E-state index contributed by atoms with van der Waals surface area (Å²) in [6, 6.07) is 0.350. The minimum atomic E-state index is -0.0891. The van der Waals surface area contributed by atoms with Gasteiger partial charge in [-0.3, -0.25) is 4.79 Å². The van der Waals surface area contributed by atoms with Crippen molar-refractivity contribution in [1.29, 1.82) is 0 Å². The fourth-order valence-electron chi connectivity index (χ4n) is 1.63. The lowest BCUT2D eigenvalue weighted by Gasteiger charge is -2.27. The van der Waals surface area contributed by atoms with Gasteiger partial charge in [0.2, 0.25) is 0 Å². The van der Waals surface area contributed by atoms with E-state index in [0.29, 0.717) is 24.2 Å². The molecule has 0 aliphatic rings. The smallest absolute Gasteiger partial charge is 0.270 e. The Morgan fingerprint density at radius 3 is 2.69 bits per heavy atom. The van der Waals surface area contributed by atoms with Gasteiger partial charge in [-0.2, -0.15) is 0 Å². The van der Waals surface area contributed by atoms with Crippen molar-refractivity contribution in [3.8, 4) is 0 Å². The van der Waals surface area contributed by atoms with Crippen LogP contribution in [-0.4, -0.2) is 42.5 Å². The van der Waals surface area contributed by atoms with E-state index in [1.807, 2.05) is 14.1 Å². The molecule has 0 radical (unpaired) electrons. The van der Waals surface area contributed by atoms with E-state index in [1.165, 1.54) is 11.3 Å². The molecule has 1 unspecified atom stereocenters. The molecule has 4 nitrogen and oxygen atoms in total. The van der Waals surface area contributed by atoms with E-state index in [1.54, 1.807) is 10.9 Å². The molecule has 5 heteroatoms. The number of thiazole rings is 1. The van der Waals surface area contributed by atoms with Crippen LogP contribution in [0, 0.1) is 5.92 Å². The lowest BCUT2D eigenvalue weighted by Crippen LogP contribution is -2.43. The summed E-state index contributed by atoms with van der Waals surface area (Å²) in [6.07, 6.45) is 0. The summed E-state index contributed by atoms with van der Waals surface area (Å²) < 4.78 is 0. The number of carbonyl (C=O) groups excluding carboxylic acids is 1. The Labute approximate surface area is 101 Å². The predicted octanol–water partition coefficient (Wildman–Crippen LogP) is 1.46. The van der Waals surface area contributed by atoms with Crippen molar-refractivity contribution in [2.45, 2.75) is 19.9 Å². The molecule has 1 rings (SSSR count). The maximum atomic E-state index is 11.7. The molecule has 1 aromatic rings. The van der Waals surface area contributed by atoms with Crippen molar-refractivity contribution in [3.63, 3.8) is 0 Å². The standard InChI is InChI=1S/C11H19N3OS/c1-8(2)10(14(3)4)5-12-11(15)9-6-16-7-13-9/h6-8,10H,5H2,1-4H3,(H,12,15). The summed E-state index contributed by atoms with van der Waals surface area (Å²) in [5.41, 5.74) is 2.17. The van der Waals surface area contributed by atoms with Crippen LogP contribution < -0.4 is 5.32 Å². The third-order valence-corrected chi connectivity index (χ3v) is 3.16. The van der Waals surface area contributed by atoms with Crippen LogP contribution in [0.4, 0.5) is 0 Å². The molecule has 0 bridgehead atoms. The van der Waals surface area contributed by atoms with Crippen LogP contribution in [0.2, 0.25) is 0 Å². The Morgan fingerprint density at radius 2 is 2.25 bits per heavy atom. The normalized spacial score (nSPS) is 13.1. The first-order chi connectivity index (χ1) is 7.52. The molecule has 1 amide bonds. The third kappa shape index (κ3) is 3.57. The third-order valence-electron chi connectivity index (χ3n) is 2.57. The average molecular weight is 241 g/mol. The van der Waals surface area contributed by atoms with E-state index in [0.717, 1.165) is 0 Å². The minimum absolute atomic E-state index is 0.0891. The fourth-order valence-corrected chi connectivity index (χ4v) is 2.16. The van der Waals surface area contributed by atoms with Gasteiger partial charge in [-0.25, -0.2) is 4.98 Å². The number of likely N-dealkylation sites (N-methyl/N-ethyl adjacent to an activating group) is 1. The topological polar surface area (TPSA) is 45.2 Å². The van der Waals surface area contributed by atoms with E-state index in [2.05, 4.69) is 29.0 Å². The van der Waals surface area contributed by atoms with Crippen LogP contribution in [0.5, 0.6) is 0 Å². The molecule has 1 N–H and O–H groups in total. The molecule has 0 aromatic carbocycles. The number of aromatic nitrogens is 1. The number of hydrogen-bond acceptors (Lipinski definition) is 4. The average Bonchev–Trinajstić information content (AvgIpc) is 2.69. The van der Waals surface area contributed by atoms with Gasteiger partial charge >= 0.3 is 0 Å². The van der Waals surface area contributed by atoms with Gasteiger partial charge in [0, 0.05) is 18.0 Å². The summed E-state index contributed by atoms with van der Waals surface area (Å²) >= 11 is 1.43. The summed E-state index contributed by atoms with van der Waals surface area (Å²) in [7, 11) is 4.05. The monoisotopic (exact) mass is 241 g/mol. The first kappa shape index (κ1) is 13.1. The molecule has 0 saturated carbocycles. The highest BCUT2D eigenvalue weighted by atomic mass is 32.1. The molecule has 0 fully saturated rings. The van der Waals surface area contributed by atoms with Crippen molar-refractivity contribution in [1.82, 2.24) is 15.2 Å². The molecule has 0 saturated heterocycles. The Morgan fingerprint density at radius 1 is 1.56 bits per heavy atom. The quantitative estimate of drug-likeness (QED) is 0.849. The van der Waals surface area contributed by atoms with E-state index in [-0.39, 0.29) is 5.91 Å². The Hall–Kier alpha value is -0.940. The molecule has 1 aromatic heterocycles. The maximum absolute atomic E-state index is 11.7. The van der Waals surface area contributed by atoms with E-state index in [4.69, 9.17) is 0 Å². The Bertz CT molecular complexity index is 314. The van der Waals surface area contributed by atoms with Gasteiger partial charge in [0.05, 0.1) is 5.51 Å². The first-order valence-electron chi connectivity index (χ1n) is 5.35. The zero-order valence-electron chi connectivity index (χ0n) is 10.2. The largest absolute Gasteiger partial charge is 0.349 e. The first-order valence-corrected chi connectivity index (χ1v) is 6.29. The molecule has 0 aliphatic heterocycles. The minimum Gasteiger partial charge on any atom is -0.349 e. The summed E-state index contributed by atoms with van der Waals surface area (Å²) in [5.74, 6) is 0.416. The number of rotatable bonds is 5. The SMILES string of the molecule is CC(C)C(CNC(=O)c1cscn1)N(C)C. The molecule has 90 valence electrons. The maximum Gasteiger partial charge on any atom is 0.270 e. The van der Waals surface area contributed by atoms with Crippen LogP contribution in [0.25, 0.3) is 0 Å². The van der Waals surface area contributed by atoms with Gasteiger partial charge in [-0.1, -0.05) is 13.8 Å². The number of hydrogen-bond donors (Lipinski definition) is 1. The molecule has 1 atom stereocenters. The van der Waals surface area contributed by atoms with Crippen LogP contribution >= 0.6 is 11.3 Å². The second-order valence-corrected chi connectivity index (χ2v) is 5.08. The number of nitrogens with zero attached hydrogens (tertiary/aromatic N) is 2. The zero-order valence-corrected chi connectivity index (χ0v) is 11.0. The molecular formula is C11H19N3OS. The highest BCUT2D eigenvalue weighted by Crippen LogP contribution is 2.07. The summed E-state index contributed by atoms with van der Waals surface area (Å²) in [5, 5.41) is 4.67. The number of amides is 1. The Balaban J connectivity index is 2.47. The van der Waals surface area contributed by atoms with Crippen molar-refractivity contribution >= 4 is 17.2 Å². The lowest BCUT2D eigenvalue weighted by atomic mass is 10.0. The van der Waals surface area contributed by atoms with E-state index in [9.17, 15) is 4.79 Å². The lowest BCUT2D eigenvalue weighted by molar-refractivity contribution is 0.0930. The zero-order chi connectivity index (χ0) is 12.1. The fraction of sp³-hybridized carbons (Fsp3) is 0.636. The van der Waals surface area contributed by atoms with Crippen LogP contribution in [-0.2, 0) is 0 Å². The van der Waals surface area contributed by atoms with Crippen LogP contribution in [0.1, 0.15) is 24.3 Å². The van der Waals surface area contributed by atoms with Crippen molar-refractivity contribution in [2.75, 3.05) is 20.6 Å². The molecular weight excluding hydrogens is 222 g/mol. The Kier molecular flexibility index (Phi) is 4.89. The van der Waals surface area contributed by atoms with Crippen molar-refractivity contribution in [3.05, 3.63) is 16.6 Å². The molecule has 1 heterocycles. The highest BCUT2D eigenvalue weighted by molar-refractivity contribution is 7.07. The van der Waals surface area contributed by atoms with Gasteiger partial charge in [0.25, 0.3) is 5.91 Å². The van der Waals surface area contributed by atoms with Gasteiger partial charge in [0.1, 0.15) is 5.69 Å². The van der Waals surface area contributed by atoms with Gasteiger partial charge < -0.3 is 10.2 Å². The summed E-state index contributed by atoms with van der Waals surface area (Å²) in [6.45, 7) is 4.96. The second-order valence-electron chi connectivity index (χ2n) is 4.36. The van der Waals surface area contributed by atoms with Crippen molar-refractivity contribution in [2.24, 2.45) is 5.92 Å². The highest BCUT2D eigenvalue weighted by Gasteiger charge is 2.17. The number of carbonyl (C=O) groups is 1. The summed E-state index contributed by atoms with van der Waals surface area (Å²) in [4.78, 5) is 17.8. The van der Waals surface area contributed by atoms with Gasteiger partial charge in [-0.15, -0.1) is 11.3 Å². The van der Waals surface area contributed by atoms with Crippen LogP contribution in [0.3, 0.4) is 0 Å². The van der Waals surface area contributed by atoms with Gasteiger partial charge in [0.15, 0.2) is 0 Å². The molecule has 0 spiro atoms.